The molecular weight excluding hydrogens is 206 g/mol. The summed E-state index contributed by atoms with van der Waals surface area (Å²) in [5.74, 6) is -1.28. The van der Waals surface area contributed by atoms with Crippen LogP contribution in [0.5, 0.6) is 0 Å². The van der Waals surface area contributed by atoms with Crippen molar-refractivity contribution in [2.24, 2.45) is 11.1 Å². The number of rotatable bonds is 9. The number of carbonyl (C=O) groups is 2. The second-order valence-electron chi connectivity index (χ2n) is 4.83. The summed E-state index contributed by atoms with van der Waals surface area (Å²) in [5, 5.41) is 8.81. The third-order valence-electron chi connectivity index (χ3n) is 2.81. The van der Waals surface area contributed by atoms with Crippen LogP contribution < -0.4 is 5.73 Å². The first-order valence-corrected chi connectivity index (χ1v) is 5.90. The fourth-order valence-electron chi connectivity index (χ4n) is 2.00. The van der Waals surface area contributed by atoms with E-state index in [4.69, 9.17) is 10.8 Å². The Hall–Kier alpha value is -1.06. The molecule has 0 aliphatic heterocycles. The van der Waals surface area contributed by atoms with Crippen LogP contribution in [0, 0.1) is 5.41 Å². The van der Waals surface area contributed by atoms with E-state index in [9.17, 15) is 9.59 Å². The zero-order valence-electron chi connectivity index (χ0n) is 10.3. The minimum absolute atomic E-state index is 0.0159. The van der Waals surface area contributed by atoms with Crippen molar-refractivity contribution in [1.29, 1.82) is 0 Å². The number of nitrogens with two attached hydrogens (primary N) is 1. The molecule has 0 aromatic rings. The van der Waals surface area contributed by atoms with Crippen LogP contribution in [0.4, 0.5) is 0 Å². The summed E-state index contributed by atoms with van der Waals surface area (Å²) in [6, 6.07) is 0. The summed E-state index contributed by atoms with van der Waals surface area (Å²) in [4.78, 5) is 21.6. The van der Waals surface area contributed by atoms with Gasteiger partial charge in [0.2, 0.25) is 5.91 Å². The monoisotopic (exact) mass is 229 g/mol. The number of unbranched alkanes of at least 4 members (excludes halogenated alkanes) is 3. The molecule has 0 aromatic carbocycles. The van der Waals surface area contributed by atoms with E-state index < -0.39 is 17.3 Å². The van der Waals surface area contributed by atoms with E-state index in [2.05, 4.69) is 6.92 Å². The smallest absolute Gasteiger partial charge is 0.303 e. The molecular formula is C12H23NO3. The number of carbonyl (C=O) groups excluding carboxylic acids is 1. The standard InChI is InChI=1S/C12H23NO3/c1-3-4-5-6-7-12(2,8-10(13)14)9-11(15)16/h3-9H2,1-2H3,(H2,13,14)(H,15,16)/t12-/m1/s1. The first kappa shape index (κ1) is 14.9. The Balaban J connectivity index is 4.18. The molecule has 0 aliphatic rings. The molecule has 0 aliphatic carbocycles. The van der Waals surface area contributed by atoms with Crippen LogP contribution in [0.3, 0.4) is 0 Å². The van der Waals surface area contributed by atoms with Crippen molar-refractivity contribution in [3.05, 3.63) is 0 Å². The number of amides is 1. The minimum atomic E-state index is -0.862. The molecule has 94 valence electrons. The molecule has 0 bridgehead atoms. The number of carboxylic acid groups (broad SMARTS) is 1. The highest BCUT2D eigenvalue weighted by molar-refractivity contribution is 5.76. The third kappa shape index (κ3) is 7.26. The Morgan fingerprint density at radius 2 is 1.81 bits per heavy atom. The van der Waals surface area contributed by atoms with Crippen LogP contribution in [0.2, 0.25) is 0 Å². The molecule has 3 N–H and O–H groups in total. The molecule has 1 amide bonds. The second kappa shape index (κ2) is 7.25. The first-order valence-electron chi connectivity index (χ1n) is 5.90. The molecule has 0 radical (unpaired) electrons. The largest absolute Gasteiger partial charge is 0.481 e. The lowest BCUT2D eigenvalue weighted by atomic mass is 9.78. The number of hydrogen-bond acceptors (Lipinski definition) is 2. The Kier molecular flexibility index (Phi) is 6.77. The van der Waals surface area contributed by atoms with E-state index in [1.807, 2.05) is 6.92 Å². The van der Waals surface area contributed by atoms with Gasteiger partial charge < -0.3 is 10.8 Å². The van der Waals surface area contributed by atoms with Crippen molar-refractivity contribution in [3.8, 4) is 0 Å². The van der Waals surface area contributed by atoms with Crippen LogP contribution in [0.25, 0.3) is 0 Å². The molecule has 0 rings (SSSR count). The van der Waals surface area contributed by atoms with Crippen LogP contribution in [-0.2, 0) is 9.59 Å². The van der Waals surface area contributed by atoms with Crippen molar-refractivity contribution >= 4 is 11.9 Å². The van der Waals surface area contributed by atoms with Crippen LogP contribution >= 0.6 is 0 Å². The van der Waals surface area contributed by atoms with Gasteiger partial charge in [0, 0.05) is 6.42 Å². The van der Waals surface area contributed by atoms with Crippen LogP contribution in [0.1, 0.15) is 58.8 Å². The van der Waals surface area contributed by atoms with Crippen molar-refractivity contribution < 1.29 is 14.7 Å². The topological polar surface area (TPSA) is 80.4 Å². The van der Waals surface area contributed by atoms with E-state index in [1.54, 1.807) is 0 Å². The average molecular weight is 229 g/mol. The second-order valence-corrected chi connectivity index (χ2v) is 4.83. The van der Waals surface area contributed by atoms with Gasteiger partial charge in [0.05, 0.1) is 6.42 Å². The summed E-state index contributed by atoms with van der Waals surface area (Å²) in [5.41, 5.74) is 4.67. The highest BCUT2D eigenvalue weighted by Crippen LogP contribution is 2.32. The minimum Gasteiger partial charge on any atom is -0.481 e. The fourth-order valence-corrected chi connectivity index (χ4v) is 2.00. The predicted molar refractivity (Wildman–Crippen MR) is 62.9 cm³/mol. The van der Waals surface area contributed by atoms with Crippen molar-refractivity contribution in [1.82, 2.24) is 0 Å². The molecule has 16 heavy (non-hydrogen) atoms. The Labute approximate surface area is 97.2 Å². The highest BCUT2D eigenvalue weighted by Gasteiger charge is 2.28. The van der Waals surface area contributed by atoms with E-state index in [0.29, 0.717) is 0 Å². The third-order valence-corrected chi connectivity index (χ3v) is 2.81. The fraction of sp³-hybridized carbons (Fsp3) is 0.833. The Morgan fingerprint density at radius 3 is 2.25 bits per heavy atom. The zero-order chi connectivity index (χ0) is 12.6. The maximum absolute atomic E-state index is 10.9. The lowest BCUT2D eigenvalue weighted by Gasteiger charge is -2.26. The Morgan fingerprint density at radius 1 is 1.19 bits per heavy atom. The maximum Gasteiger partial charge on any atom is 0.303 e. The molecule has 0 saturated carbocycles. The molecule has 1 atom stereocenters. The van der Waals surface area contributed by atoms with E-state index in [0.717, 1.165) is 32.1 Å². The summed E-state index contributed by atoms with van der Waals surface area (Å²) in [6.07, 6.45) is 5.27. The molecule has 0 saturated heterocycles. The lowest BCUT2D eigenvalue weighted by Crippen LogP contribution is -2.28. The molecule has 0 unspecified atom stereocenters. The quantitative estimate of drug-likeness (QED) is 0.595. The number of aliphatic carboxylic acids is 1. The van der Waals surface area contributed by atoms with E-state index in [1.165, 1.54) is 0 Å². The van der Waals surface area contributed by atoms with Crippen molar-refractivity contribution in [3.63, 3.8) is 0 Å². The summed E-state index contributed by atoms with van der Waals surface area (Å²) in [7, 11) is 0. The predicted octanol–water partition coefficient (Wildman–Crippen LogP) is 2.31. The van der Waals surface area contributed by atoms with Gasteiger partial charge in [-0.2, -0.15) is 0 Å². The van der Waals surface area contributed by atoms with Gasteiger partial charge in [0.25, 0.3) is 0 Å². The summed E-state index contributed by atoms with van der Waals surface area (Å²) in [6.45, 7) is 3.96. The average Bonchev–Trinajstić information content (AvgIpc) is 2.09. The summed E-state index contributed by atoms with van der Waals surface area (Å²) >= 11 is 0. The number of carboxylic acids is 1. The van der Waals surface area contributed by atoms with Gasteiger partial charge in [-0.1, -0.05) is 39.5 Å². The molecule has 0 aromatic heterocycles. The Bertz CT molecular complexity index is 222. The normalized spacial score (nSPS) is 14.4. The first-order chi connectivity index (χ1) is 7.39. The van der Waals surface area contributed by atoms with Crippen molar-refractivity contribution in [2.45, 2.75) is 58.8 Å². The van der Waals surface area contributed by atoms with Gasteiger partial charge in [-0.15, -0.1) is 0 Å². The van der Waals surface area contributed by atoms with E-state index >= 15 is 0 Å². The molecule has 0 spiro atoms. The number of primary amides is 1. The highest BCUT2D eigenvalue weighted by atomic mass is 16.4. The molecule has 4 heteroatoms. The van der Waals surface area contributed by atoms with E-state index in [-0.39, 0.29) is 12.8 Å². The van der Waals surface area contributed by atoms with Gasteiger partial charge in [0.15, 0.2) is 0 Å². The van der Waals surface area contributed by atoms with Gasteiger partial charge in [-0.05, 0) is 11.8 Å². The SMILES string of the molecule is CCCCCC[C@](C)(CC(N)=O)CC(=O)O. The van der Waals surface area contributed by atoms with Crippen LogP contribution in [0.15, 0.2) is 0 Å². The molecule has 4 nitrogen and oxygen atoms in total. The molecule has 0 heterocycles. The summed E-state index contributed by atoms with van der Waals surface area (Å²) < 4.78 is 0. The number of hydrogen-bond donors (Lipinski definition) is 2. The zero-order valence-corrected chi connectivity index (χ0v) is 10.3. The van der Waals surface area contributed by atoms with Gasteiger partial charge in [0.1, 0.15) is 0 Å². The van der Waals surface area contributed by atoms with Crippen LogP contribution in [-0.4, -0.2) is 17.0 Å². The lowest BCUT2D eigenvalue weighted by molar-refractivity contribution is -0.140. The molecule has 0 fully saturated rings. The van der Waals surface area contributed by atoms with Gasteiger partial charge in [-0.3, -0.25) is 9.59 Å². The van der Waals surface area contributed by atoms with Crippen molar-refractivity contribution in [2.75, 3.05) is 0 Å². The maximum atomic E-state index is 10.9. The van der Waals surface area contributed by atoms with Gasteiger partial charge >= 0.3 is 5.97 Å². The van der Waals surface area contributed by atoms with Gasteiger partial charge in [-0.25, -0.2) is 0 Å².